The van der Waals surface area contributed by atoms with E-state index in [0.29, 0.717) is 0 Å². The molecule has 0 atom stereocenters. The fraction of sp³-hybridized carbons (Fsp3) is 0. The van der Waals surface area contributed by atoms with Crippen molar-refractivity contribution in [3.05, 3.63) is 176 Å². The maximum absolute atomic E-state index is 2.51. The molecule has 1 nitrogen and oxygen atoms in total. The Kier molecular flexibility index (Phi) is 6.40. The summed E-state index contributed by atoms with van der Waals surface area (Å²) in [5.41, 5.74) is 8.38. The molecule has 0 amide bonds. The fourth-order valence-electron chi connectivity index (χ4n) is 6.98. The average Bonchev–Trinajstić information content (AvgIpc) is 3.52. The van der Waals surface area contributed by atoms with Crippen LogP contribution < -0.4 is 4.90 Å². The Hall–Kier alpha value is -5.70. The van der Waals surface area contributed by atoms with Gasteiger partial charge in [-0.25, -0.2) is 0 Å². The van der Waals surface area contributed by atoms with E-state index in [2.05, 4.69) is 181 Å². The van der Waals surface area contributed by atoms with Crippen molar-refractivity contribution < 1.29 is 0 Å². The highest BCUT2D eigenvalue weighted by Gasteiger charge is 2.25. The van der Waals surface area contributed by atoms with Crippen LogP contribution in [0.5, 0.6) is 0 Å². The smallest absolute Gasteiger partial charge is 0.0640 e. The van der Waals surface area contributed by atoms with E-state index >= 15 is 0 Å². The van der Waals surface area contributed by atoms with Gasteiger partial charge in [-0.15, -0.1) is 11.3 Å². The minimum Gasteiger partial charge on any atom is -0.308 e. The summed E-state index contributed by atoms with van der Waals surface area (Å²) in [5, 5.41) is 7.58. The van der Waals surface area contributed by atoms with E-state index in [0.717, 1.165) is 5.69 Å². The largest absolute Gasteiger partial charge is 0.308 e. The van der Waals surface area contributed by atoms with Crippen molar-refractivity contribution in [2.24, 2.45) is 0 Å². The van der Waals surface area contributed by atoms with E-state index in [1.807, 2.05) is 11.3 Å². The molecule has 0 aliphatic carbocycles. The Balaban J connectivity index is 1.41. The lowest BCUT2D eigenvalue weighted by Crippen LogP contribution is -2.12. The number of hydrogen-bond donors (Lipinski definition) is 0. The number of benzene rings is 8. The lowest BCUT2D eigenvalue weighted by molar-refractivity contribution is 1.32. The van der Waals surface area contributed by atoms with Crippen LogP contribution in [0.1, 0.15) is 0 Å². The van der Waals surface area contributed by atoms with Crippen LogP contribution >= 0.6 is 11.3 Å². The molecule has 0 saturated heterocycles. The van der Waals surface area contributed by atoms with E-state index in [9.17, 15) is 0 Å². The monoisotopic (exact) mass is 603 g/mol. The molecule has 0 fully saturated rings. The standard InChI is InChI=1S/C44H29NS/c1-3-14-30(15-4-1)31-26-28-32(29-27-31)42-37-21-9-7-18-34(37)35-19-8-10-22-38(35)43(42)45(33-16-5-2-6-17-33)40-24-13-23-39-36-20-11-12-25-41(36)46-44(39)40/h1-29H. The third-order valence-corrected chi connectivity index (χ3v) is 10.3. The molecule has 9 rings (SSSR count). The molecule has 8 aromatic carbocycles. The molecule has 0 aliphatic rings. The summed E-state index contributed by atoms with van der Waals surface area (Å²) in [5.74, 6) is 0. The lowest BCUT2D eigenvalue weighted by Gasteiger charge is -2.31. The topological polar surface area (TPSA) is 3.24 Å². The van der Waals surface area contributed by atoms with Crippen LogP contribution in [-0.4, -0.2) is 0 Å². The molecule has 0 saturated carbocycles. The van der Waals surface area contributed by atoms with Gasteiger partial charge < -0.3 is 4.90 Å². The predicted molar refractivity (Wildman–Crippen MR) is 200 cm³/mol. The van der Waals surface area contributed by atoms with Crippen LogP contribution in [0.2, 0.25) is 0 Å². The fourth-order valence-corrected chi connectivity index (χ4v) is 8.19. The minimum atomic E-state index is 1.13. The normalized spacial score (nSPS) is 11.5. The van der Waals surface area contributed by atoms with Crippen LogP contribution in [0, 0.1) is 0 Å². The molecular formula is C44H29NS. The zero-order valence-electron chi connectivity index (χ0n) is 25.1. The molecule has 9 aromatic rings. The van der Waals surface area contributed by atoms with E-state index < -0.39 is 0 Å². The van der Waals surface area contributed by atoms with Gasteiger partial charge in [-0.1, -0.05) is 152 Å². The van der Waals surface area contributed by atoms with Crippen molar-refractivity contribution in [3.63, 3.8) is 0 Å². The number of hydrogen-bond acceptors (Lipinski definition) is 2. The summed E-state index contributed by atoms with van der Waals surface area (Å²) in [6, 6.07) is 63.9. The quantitative estimate of drug-likeness (QED) is 0.177. The third-order valence-electron chi connectivity index (χ3n) is 9.05. The Morgan fingerprint density at radius 1 is 0.348 bits per heavy atom. The van der Waals surface area contributed by atoms with Gasteiger partial charge in [-0.3, -0.25) is 0 Å². The molecule has 1 heterocycles. The number of anilines is 3. The van der Waals surface area contributed by atoms with Crippen LogP contribution in [0.3, 0.4) is 0 Å². The van der Waals surface area contributed by atoms with Gasteiger partial charge >= 0.3 is 0 Å². The van der Waals surface area contributed by atoms with Crippen molar-refractivity contribution >= 4 is 70.1 Å². The van der Waals surface area contributed by atoms with Gasteiger partial charge in [0.2, 0.25) is 0 Å². The molecule has 216 valence electrons. The maximum atomic E-state index is 2.51. The molecule has 0 radical (unpaired) electrons. The first-order valence-electron chi connectivity index (χ1n) is 15.7. The van der Waals surface area contributed by atoms with Gasteiger partial charge in [-0.05, 0) is 57.1 Å². The maximum Gasteiger partial charge on any atom is 0.0640 e. The van der Waals surface area contributed by atoms with E-state index in [1.165, 1.54) is 75.3 Å². The second kappa shape index (κ2) is 11.0. The number of fused-ring (bicyclic) bond motifs is 6. The Labute approximate surface area is 272 Å². The zero-order chi connectivity index (χ0) is 30.5. The van der Waals surface area contributed by atoms with Crippen LogP contribution in [0.4, 0.5) is 17.1 Å². The SMILES string of the molecule is c1ccc(-c2ccc(-c3c(N(c4ccccc4)c4cccc5c4sc4ccccc45)c4ccccc4c4ccccc34)cc2)cc1. The number of rotatable bonds is 5. The highest BCUT2D eigenvalue weighted by atomic mass is 32.1. The molecule has 0 bridgehead atoms. The van der Waals surface area contributed by atoms with E-state index in [1.54, 1.807) is 0 Å². The summed E-state index contributed by atoms with van der Waals surface area (Å²) in [6.45, 7) is 0. The van der Waals surface area contributed by atoms with Crippen LogP contribution in [-0.2, 0) is 0 Å². The van der Waals surface area contributed by atoms with Crippen molar-refractivity contribution in [1.29, 1.82) is 0 Å². The molecule has 0 spiro atoms. The van der Waals surface area contributed by atoms with E-state index in [4.69, 9.17) is 0 Å². The predicted octanol–water partition coefficient (Wildman–Crippen LogP) is 13.2. The van der Waals surface area contributed by atoms with Crippen LogP contribution in [0.25, 0.3) is 64.0 Å². The summed E-state index contributed by atoms with van der Waals surface area (Å²) in [7, 11) is 0. The van der Waals surface area contributed by atoms with E-state index in [-0.39, 0.29) is 0 Å². The first kappa shape index (κ1) is 26.7. The Morgan fingerprint density at radius 2 is 0.870 bits per heavy atom. The van der Waals surface area contributed by atoms with Crippen molar-refractivity contribution in [2.75, 3.05) is 4.90 Å². The first-order valence-corrected chi connectivity index (χ1v) is 16.5. The molecule has 1 aromatic heterocycles. The van der Waals surface area contributed by atoms with Crippen LogP contribution in [0.15, 0.2) is 176 Å². The molecule has 46 heavy (non-hydrogen) atoms. The summed E-state index contributed by atoms with van der Waals surface area (Å²) in [6.07, 6.45) is 0. The second-order valence-electron chi connectivity index (χ2n) is 11.7. The summed E-state index contributed by atoms with van der Waals surface area (Å²) in [4.78, 5) is 2.51. The van der Waals surface area contributed by atoms with Gasteiger partial charge in [0.25, 0.3) is 0 Å². The van der Waals surface area contributed by atoms with Gasteiger partial charge in [0, 0.05) is 32.1 Å². The zero-order valence-corrected chi connectivity index (χ0v) is 25.9. The molecule has 0 N–H and O–H groups in total. The van der Waals surface area contributed by atoms with Gasteiger partial charge in [0.15, 0.2) is 0 Å². The highest BCUT2D eigenvalue weighted by molar-refractivity contribution is 7.26. The average molecular weight is 604 g/mol. The third kappa shape index (κ3) is 4.30. The Bertz CT molecular complexity index is 2510. The molecule has 0 aliphatic heterocycles. The highest BCUT2D eigenvalue weighted by Crippen LogP contribution is 2.52. The first-order chi connectivity index (χ1) is 22.8. The van der Waals surface area contributed by atoms with Gasteiger partial charge in [-0.2, -0.15) is 0 Å². The molecule has 2 heteroatoms. The lowest BCUT2D eigenvalue weighted by atomic mass is 9.89. The minimum absolute atomic E-state index is 1.13. The van der Waals surface area contributed by atoms with Gasteiger partial charge in [0.05, 0.1) is 16.1 Å². The number of nitrogens with zero attached hydrogens (tertiary/aromatic N) is 1. The molecular weight excluding hydrogens is 575 g/mol. The second-order valence-corrected chi connectivity index (χ2v) is 12.7. The number of thiophene rings is 1. The summed E-state index contributed by atoms with van der Waals surface area (Å²) < 4.78 is 2.59. The Morgan fingerprint density at radius 3 is 1.61 bits per heavy atom. The number of para-hydroxylation sites is 1. The van der Waals surface area contributed by atoms with Crippen molar-refractivity contribution in [1.82, 2.24) is 0 Å². The van der Waals surface area contributed by atoms with Crippen molar-refractivity contribution in [2.45, 2.75) is 0 Å². The van der Waals surface area contributed by atoms with Gasteiger partial charge in [0.1, 0.15) is 0 Å². The molecule has 0 unspecified atom stereocenters. The van der Waals surface area contributed by atoms with Crippen molar-refractivity contribution in [3.8, 4) is 22.3 Å². The summed E-state index contributed by atoms with van der Waals surface area (Å²) >= 11 is 1.87.